The first-order valence-electron chi connectivity index (χ1n) is 8.43. The summed E-state index contributed by atoms with van der Waals surface area (Å²) >= 11 is 0. The van der Waals surface area contributed by atoms with E-state index in [2.05, 4.69) is 10.3 Å². The Morgan fingerprint density at radius 1 is 1.32 bits per heavy atom. The molecule has 1 aromatic heterocycles. The number of nitrogens with zero attached hydrogens (tertiary/aromatic N) is 1. The number of hydrogen-bond acceptors (Lipinski definition) is 5. The molecule has 1 saturated carbocycles. The van der Waals surface area contributed by atoms with Crippen molar-refractivity contribution in [3.05, 3.63) is 47.7 Å². The predicted octanol–water partition coefficient (Wildman–Crippen LogP) is 3.05. The molecule has 1 aromatic carbocycles. The van der Waals surface area contributed by atoms with Gasteiger partial charge in [0.05, 0.1) is 12.7 Å². The number of carbonyl (C=O) groups is 1. The Labute approximate surface area is 146 Å². The number of pyridine rings is 1. The van der Waals surface area contributed by atoms with Crippen molar-refractivity contribution >= 4 is 5.91 Å². The van der Waals surface area contributed by atoms with E-state index in [4.69, 9.17) is 9.47 Å². The van der Waals surface area contributed by atoms with E-state index in [-0.39, 0.29) is 29.9 Å². The third-order valence-corrected chi connectivity index (χ3v) is 4.32. The molecule has 0 atom stereocenters. The van der Waals surface area contributed by atoms with Crippen LogP contribution in [-0.4, -0.2) is 29.2 Å². The molecule has 2 aromatic rings. The molecule has 0 bridgehead atoms. The van der Waals surface area contributed by atoms with Crippen LogP contribution < -0.4 is 14.8 Å². The third-order valence-electron chi connectivity index (χ3n) is 4.32. The van der Waals surface area contributed by atoms with Gasteiger partial charge in [0.1, 0.15) is 17.6 Å². The standard InChI is InChI=1S/C19H22N2O4/c1-24-15-8-9-17(22)16(11-15)18(23)21-12-13-5-4-10-20-19(13)25-14-6-2-3-7-14/h4-5,8-11,14,22H,2-3,6-7,12H2,1H3,(H,21,23). The zero-order chi connectivity index (χ0) is 17.6. The van der Waals surface area contributed by atoms with E-state index in [0.29, 0.717) is 11.6 Å². The molecule has 2 N–H and O–H groups in total. The highest BCUT2D eigenvalue weighted by molar-refractivity contribution is 5.97. The van der Waals surface area contributed by atoms with Crippen LogP contribution in [0.3, 0.4) is 0 Å². The van der Waals surface area contributed by atoms with Gasteiger partial charge in [0.15, 0.2) is 0 Å². The van der Waals surface area contributed by atoms with Crippen LogP contribution in [-0.2, 0) is 6.54 Å². The second-order valence-corrected chi connectivity index (χ2v) is 6.06. The van der Waals surface area contributed by atoms with Crippen LogP contribution in [0.15, 0.2) is 36.5 Å². The molecule has 0 spiro atoms. The Balaban J connectivity index is 1.68. The lowest BCUT2D eigenvalue weighted by molar-refractivity contribution is 0.0947. The first kappa shape index (κ1) is 17.1. The highest BCUT2D eigenvalue weighted by atomic mass is 16.5. The number of hydrogen-bond donors (Lipinski definition) is 2. The first-order chi connectivity index (χ1) is 12.2. The van der Waals surface area contributed by atoms with Gasteiger partial charge in [-0.2, -0.15) is 0 Å². The Morgan fingerprint density at radius 2 is 2.12 bits per heavy atom. The summed E-state index contributed by atoms with van der Waals surface area (Å²) in [6.45, 7) is 0.269. The van der Waals surface area contributed by atoms with Gasteiger partial charge in [-0.15, -0.1) is 0 Å². The Morgan fingerprint density at radius 3 is 2.88 bits per heavy atom. The smallest absolute Gasteiger partial charge is 0.255 e. The Bertz CT molecular complexity index is 742. The molecule has 6 heteroatoms. The molecule has 25 heavy (non-hydrogen) atoms. The summed E-state index contributed by atoms with van der Waals surface area (Å²) in [5.41, 5.74) is 0.978. The summed E-state index contributed by atoms with van der Waals surface area (Å²) in [7, 11) is 1.51. The molecule has 1 aliphatic rings. The summed E-state index contributed by atoms with van der Waals surface area (Å²) in [4.78, 5) is 16.7. The summed E-state index contributed by atoms with van der Waals surface area (Å²) in [5, 5.41) is 12.7. The third kappa shape index (κ3) is 4.21. The van der Waals surface area contributed by atoms with Crippen LogP contribution >= 0.6 is 0 Å². The van der Waals surface area contributed by atoms with E-state index in [1.807, 2.05) is 12.1 Å². The minimum absolute atomic E-state index is 0.0908. The van der Waals surface area contributed by atoms with Crippen molar-refractivity contribution in [2.45, 2.75) is 38.3 Å². The van der Waals surface area contributed by atoms with Crippen LogP contribution in [0.2, 0.25) is 0 Å². The maximum Gasteiger partial charge on any atom is 0.255 e. The minimum Gasteiger partial charge on any atom is -0.507 e. The summed E-state index contributed by atoms with van der Waals surface area (Å²) in [6, 6.07) is 8.23. The number of benzene rings is 1. The van der Waals surface area contributed by atoms with Crippen molar-refractivity contribution in [1.29, 1.82) is 0 Å². The maximum atomic E-state index is 12.4. The number of ether oxygens (including phenoxy) is 2. The number of methoxy groups -OCH3 is 1. The van der Waals surface area contributed by atoms with Gasteiger partial charge in [0.2, 0.25) is 5.88 Å². The second-order valence-electron chi connectivity index (χ2n) is 6.06. The molecule has 3 rings (SSSR count). The van der Waals surface area contributed by atoms with E-state index < -0.39 is 0 Å². The molecule has 6 nitrogen and oxygen atoms in total. The number of aromatic nitrogens is 1. The van der Waals surface area contributed by atoms with E-state index in [0.717, 1.165) is 18.4 Å². The average Bonchev–Trinajstić information content (AvgIpc) is 3.14. The lowest BCUT2D eigenvalue weighted by Crippen LogP contribution is -2.24. The molecule has 0 radical (unpaired) electrons. The normalized spacial score (nSPS) is 14.3. The van der Waals surface area contributed by atoms with Crippen molar-refractivity contribution < 1.29 is 19.4 Å². The van der Waals surface area contributed by atoms with Crippen molar-refractivity contribution in [2.75, 3.05) is 7.11 Å². The minimum atomic E-state index is -0.382. The Kier molecular flexibility index (Phi) is 5.38. The van der Waals surface area contributed by atoms with Crippen molar-refractivity contribution in [2.24, 2.45) is 0 Å². The van der Waals surface area contributed by atoms with Crippen LogP contribution in [0.1, 0.15) is 41.6 Å². The summed E-state index contributed by atoms with van der Waals surface area (Å²) < 4.78 is 11.1. The van der Waals surface area contributed by atoms with Crippen molar-refractivity contribution in [3.63, 3.8) is 0 Å². The molecule has 132 valence electrons. The number of phenols is 1. The quantitative estimate of drug-likeness (QED) is 0.843. The van der Waals surface area contributed by atoms with Crippen LogP contribution in [0.25, 0.3) is 0 Å². The van der Waals surface area contributed by atoms with E-state index in [9.17, 15) is 9.90 Å². The number of amides is 1. The molecule has 1 heterocycles. The molecular weight excluding hydrogens is 320 g/mol. The highest BCUT2D eigenvalue weighted by Crippen LogP contribution is 2.26. The van der Waals surface area contributed by atoms with Crippen LogP contribution in [0.5, 0.6) is 17.4 Å². The maximum absolute atomic E-state index is 12.4. The molecular formula is C19H22N2O4. The first-order valence-corrected chi connectivity index (χ1v) is 8.43. The average molecular weight is 342 g/mol. The molecule has 0 unspecified atom stereocenters. The van der Waals surface area contributed by atoms with E-state index >= 15 is 0 Å². The fraction of sp³-hybridized carbons (Fsp3) is 0.368. The largest absolute Gasteiger partial charge is 0.507 e. The molecule has 1 amide bonds. The molecule has 0 saturated heterocycles. The van der Waals surface area contributed by atoms with Gasteiger partial charge < -0.3 is 19.9 Å². The number of phenolic OH excluding ortho intramolecular Hbond substituents is 1. The number of aromatic hydroxyl groups is 1. The fourth-order valence-electron chi connectivity index (χ4n) is 2.92. The zero-order valence-corrected chi connectivity index (χ0v) is 14.2. The summed E-state index contributed by atoms with van der Waals surface area (Å²) in [6.07, 6.45) is 6.33. The molecule has 0 aliphatic heterocycles. The highest BCUT2D eigenvalue weighted by Gasteiger charge is 2.19. The van der Waals surface area contributed by atoms with E-state index in [1.165, 1.54) is 32.1 Å². The SMILES string of the molecule is COc1ccc(O)c(C(=O)NCc2cccnc2OC2CCCC2)c1. The van der Waals surface area contributed by atoms with Crippen molar-refractivity contribution in [3.8, 4) is 17.4 Å². The van der Waals surface area contributed by atoms with Gasteiger partial charge in [0.25, 0.3) is 5.91 Å². The predicted molar refractivity (Wildman–Crippen MR) is 93.0 cm³/mol. The van der Waals surface area contributed by atoms with Crippen molar-refractivity contribution in [1.82, 2.24) is 10.3 Å². The van der Waals surface area contributed by atoms with Crippen LogP contribution in [0.4, 0.5) is 0 Å². The number of carbonyl (C=O) groups excluding carboxylic acids is 1. The molecule has 1 fully saturated rings. The van der Waals surface area contributed by atoms with Gasteiger partial charge in [-0.05, 0) is 49.9 Å². The van der Waals surface area contributed by atoms with E-state index in [1.54, 1.807) is 12.3 Å². The molecule has 1 aliphatic carbocycles. The second kappa shape index (κ2) is 7.88. The fourth-order valence-corrected chi connectivity index (χ4v) is 2.92. The lowest BCUT2D eigenvalue weighted by Gasteiger charge is -2.15. The van der Waals surface area contributed by atoms with Gasteiger partial charge in [-0.1, -0.05) is 6.07 Å². The van der Waals surface area contributed by atoms with Gasteiger partial charge in [0, 0.05) is 18.3 Å². The number of rotatable bonds is 6. The van der Waals surface area contributed by atoms with Crippen LogP contribution in [0, 0.1) is 0 Å². The van der Waals surface area contributed by atoms with Gasteiger partial charge >= 0.3 is 0 Å². The Hall–Kier alpha value is -2.76. The monoisotopic (exact) mass is 342 g/mol. The van der Waals surface area contributed by atoms with Gasteiger partial charge in [-0.25, -0.2) is 4.98 Å². The number of nitrogens with one attached hydrogen (secondary N) is 1. The zero-order valence-electron chi connectivity index (χ0n) is 14.2. The van der Waals surface area contributed by atoms with Gasteiger partial charge in [-0.3, -0.25) is 4.79 Å². The lowest BCUT2D eigenvalue weighted by atomic mass is 10.1. The summed E-state index contributed by atoms with van der Waals surface area (Å²) in [5.74, 6) is 0.595. The topological polar surface area (TPSA) is 80.7 Å².